The van der Waals surface area contributed by atoms with E-state index in [1.54, 1.807) is 6.07 Å². The number of unbranched alkanes of at least 4 members (excludes halogenated alkanes) is 1. The number of allylic oxidation sites excluding steroid dienone is 1. The molecule has 0 aliphatic rings. The molecular weight excluding hydrogens is 276 g/mol. The van der Waals surface area contributed by atoms with E-state index in [0.717, 1.165) is 6.42 Å². The van der Waals surface area contributed by atoms with E-state index < -0.39 is 5.91 Å². The molecule has 1 amide bonds. The molecule has 4 heteroatoms. The number of rotatable bonds is 6. The molecule has 0 saturated carbocycles. The van der Waals surface area contributed by atoms with Gasteiger partial charge in [0.2, 0.25) is 0 Å². The van der Waals surface area contributed by atoms with Crippen LogP contribution < -0.4 is 5.32 Å². The number of nitriles is 1. The van der Waals surface area contributed by atoms with Gasteiger partial charge in [-0.05, 0) is 36.5 Å². The maximum Gasteiger partial charge on any atom is 0.269 e. The minimum absolute atomic E-state index is 0.0952. The lowest BCUT2D eigenvalue weighted by atomic mass is 9.80. The number of amides is 1. The largest absolute Gasteiger partial charge is 0.511 e. The van der Waals surface area contributed by atoms with Crippen LogP contribution in [0.3, 0.4) is 0 Å². The molecule has 0 aliphatic heterocycles. The number of hydrogen-bond donors (Lipinski definition) is 2. The van der Waals surface area contributed by atoms with Gasteiger partial charge >= 0.3 is 0 Å². The number of aliphatic hydroxyl groups is 1. The average molecular weight is 300 g/mol. The number of carbonyl (C=O) groups excluding carboxylic acids is 1. The molecule has 0 atom stereocenters. The number of anilines is 1. The Morgan fingerprint density at radius 3 is 2.36 bits per heavy atom. The van der Waals surface area contributed by atoms with Crippen LogP contribution in [0.25, 0.3) is 0 Å². The Kier molecular flexibility index (Phi) is 6.18. The van der Waals surface area contributed by atoms with E-state index in [4.69, 9.17) is 5.26 Å². The molecule has 0 bridgehead atoms. The van der Waals surface area contributed by atoms with E-state index in [9.17, 15) is 9.90 Å². The molecule has 0 fully saturated rings. The normalized spacial score (nSPS) is 12.3. The first kappa shape index (κ1) is 17.8. The Morgan fingerprint density at radius 1 is 1.32 bits per heavy atom. The number of nitrogens with zero attached hydrogens (tertiary/aromatic N) is 1. The van der Waals surface area contributed by atoms with E-state index in [1.807, 2.05) is 24.3 Å². The summed E-state index contributed by atoms with van der Waals surface area (Å²) in [7, 11) is 0. The van der Waals surface area contributed by atoms with E-state index >= 15 is 0 Å². The van der Waals surface area contributed by atoms with Crippen LogP contribution in [-0.4, -0.2) is 11.0 Å². The van der Waals surface area contributed by atoms with Crippen molar-refractivity contribution in [3.8, 4) is 6.07 Å². The fourth-order valence-electron chi connectivity index (χ4n) is 2.26. The minimum Gasteiger partial charge on any atom is -0.511 e. The fraction of sp³-hybridized carbons (Fsp3) is 0.444. The molecule has 2 N–H and O–H groups in total. The summed E-state index contributed by atoms with van der Waals surface area (Å²) in [5, 5.41) is 20.8. The first-order valence-corrected chi connectivity index (χ1v) is 7.53. The molecule has 0 saturated heterocycles. The van der Waals surface area contributed by atoms with Gasteiger partial charge in [-0.3, -0.25) is 4.79 Å². The number of aliphatic hydroxyl groups excluding tert-OH is 1. The zero-order valence-corrected chi connectivity index (χ0v) is 13.7. The zero-order valence-electron chi connectivity index (χ0n) is 13.7. The molecule has 1 aromatic rings. The number of benzene rings is 1. The van der Waals surface area contributed by atoms with E-state index in [0.29, 0.717) is 5.69 Å². The highest BCUT2D eigenvalue weighted by Crippen LogP contribution is 2.29. The molecule has 0 unspecified atom stereocenters. The molecule has 4 nitrogen and oxygen atoms in total. The molecule has 0 spiro atoms. The first-order chi connectivity index (χ1) is 10.3. The maximum atomic E-state index is 11.9. The predicted octanol–water partition coefficient (Wildman–Crippen LogP) is 4.45. The van der Waals surface area contributed by atoms with Crippen LogP contribution in [0, 0.1) is 11.3 Å². The Hall–Kier alpha value is -2.28. The van der Waals surface area contributed by atoms with Crippen LogP contribution in [0.4, 0.5) is 5.69 Å². The predicted molar refractivity (Wildman–Crippen MR) is 88.6 cm³/mol. The van der Waals surface area contributed by atoms with E-state index in [-0.39, 0.29) is 16.7 Å². The topological polar surface area (TPSA) is 73.1 Å². The average Bonchev–Trinajstić information content (AvgIpc) is 2.46. The second kappa shape index (κ2) is 7.65. The molecule has 22 heavy (non-hydrogen) atoms. The number of nitrogens with one attached hydrogen (secondary N) is 1. The molecule has 0 aliphatic carbocycles. The monoisotopic (exact) mass is 300 g/mol. The van der Waals surface area contributed by atoms with Gasteiger partial charge in [-0.25, -0.2) is 0 Å². The van der Waals surface area contributed by atoms with Crippen LogP contribution in [0.15, 0.2) is 35.6 Å². The van der Waals surface area contributed by atoms with Crippen molar-refractivity contribution in [3.05, 3.63) is 41.2 Å². The Labute approximate surface area is 132 Å². The number of carbonyl (C=O) groups is 1. The molecule has 0 aromatic heterocycles. The Bertz CT molecular complexity index is 589. The van der Waals surface area contributed by atoms with Gasteiger partial charge in [0, 0.05) is 5.69 Å². The van der Waals surface area contributed by atoms with Crippen LogP contribution in [0.5, 0.6) is 0 Å². The second-order valence-corrected chi connectivity index (χ2v) is 6.09. The van der Waals surface area contributed by atoms with Gasteiger partial charge in [0.15, 0.2) is 5.57 Å². The summed E-state index contributed by atoms with van der Waals surface area (Å²) in [6.45, 7) is 7.92. The third-order valence-electron chi connectivity index (χ3n) is 3.78. The van der Waals surface area contributed by atoms with Crippen molar-refractivity contribution in [2.24, 2.45) is 0 Å². The van der Waals surface area contributed by atoms with Gasteiger partial charge < -0.3 is 10.4 Å². The quantitative estimate of drug-likeness (QED) is 0.463. The van der Waals surface area contributed by atoms with Gasteiger partial charge in [0.05, 0.1) is 0 Å². The highest BCUT2D eigenvalue weighted by atomic mass is 16.3. The standard InChI is InChI=1S/C18H24N2O2/c1-5-6-11-18(3,4)14-7-9-15(10-8-14)20-17(22)16(12-19)13(2)21/h7-10,21H,5-6,11H2,1-4H3,(H,20,22)/b16-13-. The van der Waals surface area contributed by atoms with Gasteiger partial charge in [0.1, 0.15) is 11.8 Å². The number of hydrogen-bond acceptors (Lipinski definition) is 3. The van der Waals surface area contributed by atoms with Crippen LogP contribution in [0.2, 0.25) is 0 Å². The summed E-state index contributed by atoms with van der Waals surface area (Å²) in [6.07, 6.45) is 3.46. The minimum atomic E-state index is -0.597. The zero-order chi connectivity index (χ0) is 16.8. The highest BCUT2D eigenvalue weighted by Gasteiger charge is 2.20. The van der Waals surface area contributed by atoms with Crippen molar-refractivity contribution in [1.82, 2.24) is 0 Å². The second-order valence-electron chi connectivity index (χ2n) is 6.09. The van der Waals surface area contributed by atoms with Crippen LogP contribution >= 0.6 is 0 Å². The molecule has 118 valence electrons. The SMILES string of the molecule is CCCCC(C)(C)c1ccc(NC(=O)/C(C#N)=C(/C)O)cc1. The Morgan fingerprint density at radius 2 is 1.91 bits per heavy atom. The maximum absolute atomic E-state index is 11.9. The van der Waals surface area contributed by atoms with E-state index in [2.05, 4.69) is 26.1 Å². The third kappa shape index (κ3) is 4.63. The van der Waals surface area contributed by atoms with Gasteiger partial charge in [-0.2, -0.15) is 5.26 Å². The Balaban J connectivity index is 2.84. The van der Waals surface area contributed by atoms with Crippen molar-refractivity contribution in [3.63, 3.8) is 0 Å². The lowest BCUT2D eigenvalue weighted by Crippen LogP contribution is -2.18. The first-order valence-electron chi connectivity index (χ1n) is 7.53. The summed E-state index contributed by atoms with van der Waals surface area (Å²) in [5.74, 6) is -0.877. The van der Waals surface area contributed by atoms with Crippen molar-refractivity contribution < 1.29 is 9.90 Å². The van der Waals surface area contributed by atoms with Gasteiger partial charge in [0.25, 0.3) is 5.91 Å². The van der Waals surface area contributed by atoms with Crippen LogP contribution in [0.1, 0.15) is 52.5 Å². The van der Waals surface area contributed by atoms with Crippen molar-refractivity contribution >= 4 is 11.6 Å². The summed E-state index contributed by atoms with van der Waals surface area (Å²) in [5.41, 5.74) is 1.65. The molecule has 0 radical (unpaired) electrons. The van der Waals surface area contributed by atoms with Crippen molar-refractivity contribution in [2.75, 3.05) is 5.32 Å². The molecule has 0 heterocycles. The smallest absolute Gasteiger partial charge is 0.269 e. The molecule has 1 aromatic carbocycles. The summed E-state index contributed by atoms with van der Waals surface area (Å²) >= 11 is 0. The van der Waals surface area contributed by atoms with E-state index in [1.165, 1.54) is 25.3 Å². The summed E-state index contributed by atoms with van der Waals surface area (Å²) in [4.78, 5) is 11.9. The third-order valence-corrected chi connectivity index (χ3v) is 3.78. The molecule has 1 rings (SSSR count). The van der Waals surface area contributed by atoms with Gasteiger partial charge in [-0.15, -0.1) is 0 Å². The fourth-order valence-corrected chi connectivity index (χ4v) is 2.26. The van der Waals surface area contributed by atoms with Crippen molar-refractivity contribution in [1.29, 1.82) is 5.26 Å². The van der Waals surface area contributed by atoms with Gasteiger partial charge in [-0.1, -0.05) is 45.7 Å². The lowest BCUT2D eigenvalue weighted by Gasteiger charge is -2.25. The summed E-state index contributed by atoms with van der Waals surface area (Å²) in [6, 6.07) is 9.33. The molecular formula is C18H24N2O2. The highest BCUT2D eigenvalue weighted by molar-refractivity contribution is 6.06. The summed E-state index contributed by atoms with van der Waals surface area (Å²) < 4.78 is 0. The van der Waals surface area contributed by atoms with Crippen molar-refractivity contribution in [2.45, 2.75) is 52.4 Å². The lowest BCUT2D eigenvalue weighted by molar-refractivity contribution is -0.112. The van der Waals surface area contributed by atoms with Crippen LogP contribution in [-0.2, 0) is 10.2 Å².